The Morgan fingerprint density at radius 1 is 1.12 bits per heavy atom. The van der Waals surface area contributed by atoms with Gasteiger partial charge in [0.05, 0.1) is 5.69 Å². The van der Waals surface area contributed by atoms with E-state index in [1.165, 1.54) is 16.2 Å². The van der Waals surface area contributed by atoms with Crippen LogP contribution < -0.4 is 5.32 Å². The van der Waals surface area contributed by atoms with Crippen LogP contribution in [0.25, 0.3) is 10.8 Å². The average Bonchev–Trinajstić information content (AvgIpc) is 3.04. The van der Waals surface area contributed by atoms with E-state index in [2.05, 4.69) is 20.3 Å². The molecule has 1 N–H and O–H groups in total. The predicted molar refractivity (Wildman–Crippen MR) is 100 cm³/mol. The summed E-state index contributed by atoms with van der Waals surface area (Å²) in [5.74, 6) is 0.0773. The van der Waals surface area contributed by atoms with Crippen LogP contribution in [0.5, 0.6) is 0 Å². The quantitative estimate of drug-likeness (QED) is 0.766. The van der Waals surface area contributed by atoms with E-state index in [0.717, 1.165) is 0 Å². The Morgan fingerprint density at radius 2 is 1.85 bits per heavy atom. The van der Waals surface area contributed by atoms with Gasteiger partial charge in [-0.15, -0.1) is 11.3 Å². The first kappa shape index (κ1) is 17.7. The Balaban J connectivity index is 1.82. The lowest BCUT2D eigenvalue weighted by molar-refractivity contribution is 0.0827. The highest BCUT2D eigenvalue weighted by Gasteiger charge is 2.18. The van der Waals surface area contributed by atoms with Crippen molar-refractivity contribution in [3.8, 4) is 10.8 Å². The van der Waals surface area contributed by atoms with Crippen LogP contribution in [0.15, 0.2) is 42.7 Å². The Morgan fingerprint density at radius 3 is 2.54 bits per heavy atom. The van der Waals surface area contributed by atoms with Crippen LogP contribution in [-0.4, -0.2) is 45.8 Å². The minimum Gasteiger partial charge on any atom is -0.345 e. The third-order valence-corrected chi connectivity index (χ3v) is 4.69. The van der Waals surface area contributed by atoms with E-state index in [9.17, 15) is 9.59 Å². The Kier molecular flexibility index (Phi) is 5.04. The van der Waals surface area contributed by atoms with E-state index < -0.39 is 0 Å². The Labute approximate surface area is 154 Å². The fraction of sp³-hybridized carbons (Fsp3) is 0.167. The molecule has 1 aromatic carbocycles. The molecule has 0 bridgehead atoms. The van der Waals surface area contributed by atoms with Gasteiger partial charge in [-0.2, -0.15) is 0 Å². The molecule has 26 heavy (non-hydrogen) atoms. The van der Waals surface area contributed by atoms with E-state index in [-0.39, 0.29) is 11.8 Å². The van der Waals surface area contributed by atoms with Gasteiger partial charge in [0, 0.05) is 37.7 Å². The van der Waals surface area contributed by atoms with Gasteiger partial charge in [0.1, 0.15) is 4.88 Å². The van der Waals surface area contributed by atoms with Crippen molar-refractivity contribution in [2.45, 2.75) is 6.92 Å². The molecule has 3 aromatic rings. The molecule has 7 nitrogen and oxygen atoms in total. The standard InChI is InChI=1S/C18H17N5O2S/c1-11-14(26-17(21-11)15-19-8-5-9-20-15)16(24)22-13-7-4-6-12(10-13)18(25)23(2)3/h4-10H,1-3H3,(H,22,24). The third kappa shape index (κ3) is 3.75. The monoisotopic (exact) mass is 367 g/mol. The van der Waals surface area contributed by atoms with Crippen LogP contribution in [-0.2, 0) is 0 Å². The van der Waals surface area contributed by atoms with Crippen molar-refractivity contribution in [1.82, 2.24) is 19.9 Å². The number of hydrogen-bond donors (Lipinski definition) is 1. The Hall–Kier alpha value is -3.13. The minimum atomic E-state index is -0.281. The van der Waals surface area contributed by atoms with E-state index in [1.807, 2.05) is 0 Å². The second kappa shape index (κ2) is 7.40. The molecule has 0 spiro atoms. The molecule has 0 radical (unpaired) electrons. The third-order valence-electron chi connectivity index (χ3n) is 3.53. The first-order chi connectivity index (χ1) is 12.5. The molecule has 0 aliphatic carbocycles. The van der Waals surface area contributed by atoms with E-state index in [4.69, 9.17) is 0 Å². The Bertz CT molecular complexity index is 953. The van der Waals surface area contributed by atoms with Crippen molar-refractivity contribution in [2.75, 3.05) is 19.4 Å². The molecule has 8 heteroatoms. The number of carbonyl (C=O) groups excluding carboxylic acids is 2. The maximum absolute atomic E-state index is 12.6. The van der Waals surface area contributed by atoms with Crippen molar-refractivity contribution in [2.24, 2.45) is 0 Å². The maximum Gasteiger partial charge on any atom is 0.267 e. The summed E-state index contributed by atoms with van der Waals surface area (Å²) in [6.45, 7) is 1.77. The second-order valence-corrected chi connectivity index (χ2v) is 6.74. The van der Waals surface area contributed by atoms with Gasteiger partial charge in [-0.05, 0) is 31.2 Å². The van der Waals surface area contributed by atoms with Crippen LogP contribution in [0.3, 0.4) is 0 Å². The first-order valence-corrected chi connectivity index (χ1v) is 8.65. The normalized spacial score (nSPS) is 10.4. The minimum absolute atomic E-state index is 0.126. The molecule has 0 aliphatic heterocycles. The molecule has 2 amide bonds. The van der Waals surface area contributed by atoms with Gasteiger partial charge in [0.15, 0.2) is 10.8 Å². The summed E-state index contributed by atoms with van der Waals surface area (Å²) in [7, 11) is 3.36. The van der Waals surface area contributed by atoms with Crippen LogP contribution in [0.2, 0.25) is 0 Å². The average molecular weight is 367 g/mol. The maximum atomic E-state index is 12.6. The first-order valence-electron chi connectivity index (χ1n) is 7.83. The molecule has 2 aromatic heterocycles. The highest BCUT2D eigenvalue weighted by molar-refractivity contribution is 7.17. The summed E-state index contributed by atoms with van der Waals surface area (Å²) in [4.78, 5) is 39.3. The van der Waals surface area contributed by atoms with Crippen molar-refractivity contribution < 1.29 is 9.59 Å². The van der Waals surface area contributed by atoms with Gasteiger partial charge in [-0.1, -0.05) is 6.07 Å². The van der Waals surface area contributed by atoms with Gasteiger partial charge in [-0.3, -0.25) is 9.59 Å². The lowest BCUT2D eigenvalue weighted by atomic mass is 10.2. The number of aryl methyl sites for hydroxylation is 1. The topological polar surface area (TPSA) is 88.1 Å². The summed E-state index contributed by atoms with van der Waals surface area (Å²) >= 11 is 1.23. The summed E-state index contributed by atoms with van der Waals surface area (Å²) in [6, 6.07) is 8.55. The smallest absolute Gasteiger partial charge is 0.267 e. The van der Waals surface area contributed by atoms with Crippen LogP contribution >= 0.6 is 11.3 Å². The SMILES string of the molecule is Cc1nc(-c2ncccn2)sc1C(=O)Nc1cccc(C(=O)N(C)C)c1. The number of benzene rings is 1. The number of rotatable bonds is 4. The number of nitrogens with zero attached hydrogens (tertiary/aromatic N) is 4. The number of carbonyl (C=O) groups is 2. The largest absolute Gasteiger partial charge is 0.345 e. The molecule has 2 heterocycles. The molecule has 0 fully saturated rings. The summed E-state index contributed by atoms with van der Waals surface area (Å²) < 4.78 is 0. The molecule has 3 rings (SSSR count). The molecule has 0 atom stereocenters. The predicted octanol–water partition coefficient (Wildman–Crippen LogP) is 2.86. The van der Waals surface area contributed by atoms with Crippen molar-refractivity contribution in [1.29, 1.82) is 0 Å². The lowest BCUT2D eigenvalue weighted by Crippen LogP contribution is -2.21. The molecular weight excluding hydrogens is 350 g/mol. The lowest BCUT2D eigenvalue weighted by Gasteiger charge is -2.11. The molecule has 0 unspecified atom stereocenters. The molecule has 132 valence electrons. The number of amides is 2. The zero-order valence-electron chi connectivity index (χ0n) is 14.6. The van der Waals surface area contributed by atoms with Crippen molar-refractivity contribution in [3.05, 3.63) is 58.9 Å². The summed E-state index contributed by atoms with van der Waals surface area (Å²) in [5, 5.41) is 3.41. The van der Waals surface area contributed by atoms with Crippen LogP contribution in [0, 0.1) is 6.92 Å². The van der Waals surface area contributed by atoms with E-state index in [1.54, 1.807) is 63.7 Å². The van der Waals surface area contributed by atoms with E-state index in [0.29, 0.717) is 32.7 Å². The molecule has 0 aliphatic rings. The van der Waals surface area contributed by atoms with Gasteiger partial charge >= 0.3 is 0 Å². The molecule has 0 saturated carbocycles. The number of nitrogens with one attached hydrogen (secondary N) is 1. The van der Waals surface area contributed by atoms with Crippen molar-refractivity contribution >= 4 is 28.8 Å². The number of anilines is 1. The number of aromatic nitrogens is 3. The fourth-order valence-corrected chi connectivity index (χ4v) is 3.20. The second-order valence-electron chi connectivity index (χ2n) is 5.74. The van der Waals surface area contributed by atoms with Crippen molar-refractivity contribution in [3.63, 3.8) is 0 Å². The number of hydrogen-bond acceptors (Lipinski definition) is 6. The highest BCUT2D eigenvalue weighted by atomic mass is 32.1. The molecule has 0 saturated heterocycles. The zero-order chi connectivity index (χ0) is 18.7. The number of thiazole rings is 1. The summed E-state index contributed by atoms with van der Waals surface area (Å²) in [6.07, 6.45) is 3.26. The van der Waals surface area contributed by atoms with Gasteiger partial charge in [-0.25, -0.2) is 15.0 Å². The summed E-state index contributed by atoms with van der Waals surface area (Å²) in [5.41, 5.74) is 1.66. The molecular formula is C18H17N5O2S. The zero-order valence-corrected chi connectivity index (χ0v) is 15.4. The van der Waals surface area contributed by atoms with Gasteiger partial charge in [0.2, 0.25) is 0 Å². The van der Waals surface area contributed by atoms with E-state index >= 15 is 0 Å². The highest BCUT2D eigenvalue weighted by Crippen LogP contribution is 2.26. The van der Waals surface area contributed by atoms with Gasteiger partial charge < -0.3 is 10.2 Å². The van der Waals surface area contributed by atoms with Gasteiger partial charge in [0.25, 0.3) is 11.8 Å². The van der Waals surface area contributed by atoms with Crippen LogP contribution in [0.1, 0.15) is 25.7 Å². The fourth-order valence-electron chi connectivity index (χ4n) is 2.29. The van der Waals surface area contributed by atoms with Crippen LogP contribution in [0.4, 0.5) is 5.69 Å².